The maximum Gasteiger partial charge on any atom is 0.104 e. The van der Waals surface area contributed by atoms with Gasteiger partial charge in [-0.25, -0.2) is 0 Å². The molecule has 7 heteroatoms. The van der Waals surface area contributed by atoms with Gasteiger partial charge in [0.25, 0.3) is 0 Å². The third-order valence-electron chi connectivity index (χ3n) is 5.22. The Morgan fingerprint density at radius 1 is 0.656 bits per heavy atom. The molecule has 0 aliphatic rings. The van der Waals surface area contributed by atoms with E-state index in [0.717, 1.165) is 13.0 Å². The van der Waals surface area contributed by atoms with Crippen molar-refractivity contribution in [2.75, 3.05) is 66.6 Å². The van der Waals surface area contributed by atoms with Crippen molar-refractivity contribution in [3.05, 3.63) is 0 Å². The van der Waals surface area contributed by atoms with Crippen LogP contribution in [0.4, 0.5) is 0 Å². The van der Waals surface area contributed by atoms with Gasteiger partial charge < -0.3 is 33.9 Å². The van der Waals surface area contributed by atoms with Crippen molar-refractivity contribution in [3.8, 4) is 0 Å². The van der Waals surface area contributed by atoms with E-state index in [-0.39, 0.29) is 31.8 Å². The van der Waals surface area contributed by atoms with E-state index in [0.29, 0.717) is 33.0 Å². The Morgan fingerprint density at radius 2 is 1.25 bits per heavy atom. The summed E-state index contributed by atoms with van der Waals surface area (Å²) in [5.41, 5.74) is 0. The maximum absolute atomic E-state index is 9.96. The molecule has 0 saturated carbocycles. The van der Waals surface area contributed by atoms with Crippen molar-refractivity contribution >= 4 is 0 Å². The van der Waals surface area contributed by atoms with Gasteiger partial charge in [0.05, 0.1) is 46.2 Å². The lowest BCUT2D eigenvalue weighted by molar-refractivity contribution is -0.0843. The predicted octanol–water partition coefficient (Wildman–Crippen LogP) is 3.98. The molecule has 0 heterocycles. The number of hydrogen-bond donors (Lipinski definition) is 2. The molecule has 0 aromatic rings. The molecule has 0 aromatic carbocycles. The minimum atomic E-state index is -0.684. The number of aliphatic hydroxyl groups is 2. The van der Waals surface area contributed by atoms with Gasteiger partial charge in [0.15, 0.2) is 0 Å². The Kier molecular flexibility index (Phi) is 25.1. The molecule has 32 heavy (non-hydrogen) atoms. The van der Waals surface area contributed by atoms with Crippen LogP contribution in [-0.4, -0.2) is 89.0 Å². The van der Waals surface area contributed by atoms with E-state index in [4.69, 9.17) is 28.8 Å². The molecular weight excluding hydrogens is 412 g/mol. The quantitative estimate of drug-likeness (QED) is 0.187. The predicted molar refractivity (Wildman–Crippen MR) is 128 cm³/mol. The summed E-state index contributed by atoms with van der Waals surface area (Å²) in [6.07, 6.45) is 12.3. The van der Waals surface area contributed by atoms with Crippen LogP contribution >= 0.6 is 0 Å². The molecule has 3 atom stereocenters. The molecule has 0 aliphatic carbocycles. The minimum absolute atomic E-state index is 0.0701. The third kappa shape index (κ3) is 22.9. The standard InChI is InChI=1S/C25H52O7/c1-4-5-6-7-8-9-10-11-12-13-14-29-15-16-30-19-24(27)20-31-22-25(21-28-3)32-18-23(2)17-26/h23-27H,4-22H2,1-3H3. The van der Waals surface area contributed by atoms with E-state index in [1.54, 1.807) is 7.11 Å². The van der Waals surface area contributed by atoms with E-state index in [2.05, 4.69) is 6.92 Å². The SMILES string of the molecule is CCCCCCCCCCCCOCCOCC(O)COCC(COC)OCC(C)CO. The average Bonchev–Trinajstić information content (AvgIpc) is 2.79. The van der Waals surface area contributed by atoms with E-state index >= 15 is 0 Å². The molecular formula is C25H52O7. The lowest BCUT2D eigenvalue weighted by Crippen LogP contribution is -2.30. The summed E-state index contributed by atoms with van der Waals surface area (Å²) < 4.78 is 27.4. The molecule has 0 bridgehead atoms. The van der Waals surface area contributed by atoms with Crippen LogP contribution in [0.15, 0.2) is 0 Å². The van der Waals surface area contributed by atoms with E-state index in [1.807, 2.05) is 6.92 Å². The van der Waals surface area contributed by atoms with Crippen LogP contribution in [-0.2, 0) is 23.7 Å². The highest BCUT2D eigenvalue weighted by Gasteiger charge is 2.13. The second-order valence-electron chi connectivity index (χ2n) is 8.76. The molecule has 194 valence electrons. The summed E-state index contributed by atoms with van der Waals surface area (Å²) >= 11 is 0. The number of aliphatic hydroxyl groups excluding tert-OH is 2. The molecule has 0 spiro atoms. The Balaban J connectivity index is 3.42. The Labute approximate surface area is 197 Å². The zero-order valence-corrected chi connectivity index (χ0v) is 21.1. The second-order valence-corrected chi connectivity index (χ2v) is 8.76. The molecule has 2 N–H and O–H groups in total. The molecule has 0 aromatic heterocycles. The monoisotopic (exact) mass is 464 g/mol. The zero-order valence-electron chi connectivity index (χ0n) is 21.1. The highest BCUT2D eigenvalue weighted by molar-refractivity contribution is 4.59. The van der Waals surface area contributed by atoms with Gasteiger partial charge in [0.2, 0.25) is 0 Å². The average molecular weight is 465 g/mol. The van der Waals surface area contributed by atoms with Crippen molar-refractivity contribution in [2.24, 2.45) is 5.92 Å². The van der Waals surface area contributed by atoms with Crippen LogP contribution in [0.25, 0.3) is 0 Å². The summed E-state index contributed by atoms with van der Waals surface area (Å²) in [5.74, 6) is 0.0701. The largest absolute Gasteiger partial charge is 0.396 e. The van der Waals surface area contributed by atoms with Crippen LogP contribution in [0.3, 0.4) is 0 Å². The molecule has 0 rings (SSSR count). The summed E-state index contributed by atoms with van der Waals surface area (Å²) in [4.78, 5) is 0. The molecule has 0 amide bonds. The third-order valence-corrected chi connectivity index (χ3v) is 5.22. The minimum Gasteiger partial charge on any atom is -0.396 e. The van der Waals surface area contributed by atoms with E-state index < -0.39 is 6.10 Å². The lowest BCUT2D eigenvalue weighted by Gasteiger charge is -2.20. The summed E-state index contributed by atoms with van der Waals surface area (Å²) in [6, 6.07) is 0. The first kappa shape index (κ1) is 31.7. The number of hydrogen-bond acceptors (Lipinski definition) is 7. The summed E-state index contributed by atoms with van der Waals surface area (Å²) in [6.45, 7) is 7.63. The molecule has 0 radical (unpaired) electrons. The molecule has 0 saturated heterocycles. The van der Waals surface area contributed by atoms with Gasteiger partial charge in [-0.15, -0.1) is 0 Å². The maximum atomic E-state index is 9.96. The highest BCUT2D eigenvalue weighted by Crippen LogP contribution is 2.10. The summed E-state index contributed by atoms with van der Waals surface area (Å²) in [7, 11) is 1.60. The van der Waals surface area contributed by atoms with Gasteiger partial charge in [0, 0.05) is 26.2 Å². The molecule has 7 nitrogen and oxygen atoms in total. The first-order chi connectivity index (χ1) is 15.6. The van der Waals surface area contributed by atoms with Crippen LogP contribution < -0.4 is 0 Å². The lowest BCUT2D eigenvalue weighted by atomic mass is 10.1. The topological polar surface area (TPSA) is 86.6 Å². The van der Waals surface area contributed by atoms with Crippen molar-refractivity contribution in [2.45, 2.75) is 90.3 Å². The normalized spacial score (nSPS) is 14.5. The van der Waals surface area contributed by atoms with Crippen molar-refractivity contribution < 1.29 is 33.9 Å². The smallest absolute Gasteiger partial charge is 0.104 e. The van der Waals surface area contributed by atoms with Crippen molar-refractivity contribution in [1.82, 2.24) is 0 Å². The second kappa shape index (κ2) is 25.3. The van der Waals surface area contributed by atoms with Crippen LogP contribution in [0.5, 0.6) is 0 Å². The van der Waals surface area contributed by atoms with Gasteiger partial charge in [-0.3, -0.25) is 0 Å². The van der Waals surface area contributed by atoms with E-state index in [9.17, 15) is 5.11 Å². The van der Waals surface area contributed by atoms with Gasteiger partial charge in [-0.05, 0) is 6.42 Å². The Morgan fingerprint density at radius 3 is 1.88 bits per heavy atom. The van der Waals surface area contributed by atoms with Crippen molar-refractivity contribution in [3.63, 3.8) is 0 Å². The van der Waals surface area contributed by atoms with Crippen LogP contribution in [0.1, 0.15) is 78.1 Å². The first-order valence-corrected chi connectivity index (χ1v) is 12.8. The van der Waals surface area contributed by atoms with E-state index in [1.165, 1.54) is 57.8 Å². The fourth-order valence-electron chi connectivity index (χ4n) is 3.20. The number of methoxy groups -OCH3 is 1. The number of unbranched alkanes of at least 4 members (excludes halogenated alkanes) is 9. The number of rotatable bonds is 26. The first-order valence-electron chi connectivity index (χ1n) is 12.8. The number of ether oxygens (including phenoxy) is 5. The van der Waals surface area contributed by atoms with Crippen LogP contribution in [0.2, 0.25) is 0 Å². The fraction of sp³-hybridized carbons (Fsp3) is 1.00. The fourth-order valence-corrected chi connectivity index (χ4v) is 3.20. The van der Waals surface area contributed by atoms with Gasteiger partial charge >= 0.3 is 0 Å². The summed E-state index contributed by atoms with van der Waals surface area (Å²) in [5, 5.41) is 19.0. The zero-order chi connectivity index (χ0) is 23.7. The van der Waals surface area contributed by atoms with Gasteiger partial charge in [-0.2, -0.15) is 0 Å². The van der Waals surface area contributed by atoms with Gasteiger partial charge in [-0.1, -0.05) is 71.6 Å². The molecule has 3 unspecified atom stereocenters. The van der Waals surface area contributed by atoms with Crippen LogP contribution in [0, 0.1) is 5.92 Å². The molecule has 0 fully saturated rings. The Hall–Kier alpha value is -0.280. The highest BCUT2D eigenvalue weighted by atomic mass is 16.6. The van der Waals surface area contributed by atoms with Gasteiger partial charge in [0.1, 0.15) is 12.2 Å². The van der Waals surface area contributed by atoms with Crippen molar-refractivity contribution in [1.29, 1.82) is 0 Å². The molecule has 0 aliphatic heterocycles. The Bertz CT molecular complexity index is 357.